The average molecular weight is 284 g/mol. The molecule has 16 heavy (non-hydrogen) atoms. The van der Waals surface area contributed by atoms with Crippen molar-refractivity contribution in [3.8, 4) is 0 Å². The van der Waals surface area contributed by atoms with Gasteiger partial charge in [0.15, 0.2) is 0 Å². The number of pyridine rings is 1. The lowest BCUT2D eigenvalue weighted by molar-refractivity contribution is -0.127. The summed E-state index contributed by atoms with van der Waals surface area (Å²) in [7, 11) is 1.82. The summed E-state index contributed by atoms with van der Waals surface area (Å²) in [6.07, 6.45) is 0.839. The number of halogens is 1. The highest BCUT2D eigenvalue weighted by molar-refractivity contribution is 9.10. The lowest BCUT2D eigenvalue weighted by atomic mass is 10.2. The summed E-state index contributed by atoms with van der Waals surface area (Å²) in [5.74, 6) is 0.900. The summed E-state index contributed by atoms with van der Waals surface area (Å²) in [6, 6.07) is 3.69. The van der Waals surface area contributed by atoms with E-state index < -0.39 is 0 Å². The lowest BCUT2D eigenvalue weighted by Gasteiger charge is -2.13. The molecule has 1 unspecified atom stereocenters. The van der Waals surface area contributed by atoms with Crippen molar-refractivity contribution in [1.82, 2.24) is 9.88 Å². The third-order valence-electron chi connectivity index (χ3n) is 2.77. The van der Waals surface area contributed by atoms with Crippen LogP contribution in [0, 0.1) is 6.92 Å². The predicted octanol–water partition coefficient (Wildman–Crippen LogP) is 1.80. The summed E-state index contributed by atoms with van der Waals surface area (Å²) in [5.41, 5.74) is 0.920. The number of anilines is 1. The molecule has 0 saturated carbocycles. The van der Waals surface area contributed by atoms with Crippen LogP contribution in [0.25, 0.3) is 0 Å². The zero-order valence-corrected chi connectivity index (χ0v) is 10.9. The Morgan fingerprint density at radius 3 is 2.88 bits per heavy atom. The summed E-state index contributed by atoms with van der Waals surface area (Å²) < 4.78 is 0.980. The number of nitrogens with zero attached hydrogens (tertiary/aromatic N) is 2. The van der Waals surface area contributed by atoms with E-state index in [2.05, 4.69) is 26.2 Å². The van der Waals surface area contributed by atoms with Gasteiger partial charge in [0.05, 0.1) is 5.69 Å². The van der Waals surface area contributed by atoms with Gasteiger partial charge in [-0.3, -0.25) is 4.79 Å². The maximum atomic E-state index is 11.7. The van der Waals surface area contributed by atoms with Crippen LogP contribution >= 0.6 is 15.9 Å². The van der Waals surface area contributed by atoms with Crippen LogP contribution in [0.4, 0.5) is 5.82 Å². The summed E-state index contributed by atoms with van der Waals surface area (Å²) in [4.78, 5) is 17.8. The molecule has 1 fully saturated rings. The van der Waals surface area contributed by atoms with E-state index in [0.717, 1.165) is 29.0 Å². The van der Waals surface area contributed by atoms with Gasteiger partial charge in [-0.05, 0) is 41.4 Å². The number of nitrogens with one attached hydrogen (secondary N) is 1. The second-order valence-corrected chi connectivity index (χ2v) is 4.86. The topological polar surface area (TPSA) is 45.2 Å². The highest BCUT2D eigenvalue weighted by Gasteiger charge is 2.28. The van der Waals surface area contributed by atoms with E-state index in [1.807, 2.05) is 26.1 Å². The van der Waals surface area contributed by atoms with Crippen LogP contribution in [0.15, 0.2) is 16.6 Å². The Labute approximate surface area is 103 Å². The van der Waals surface area contributed by atoms with E-state index in [9.17, 15) is 4.79 Å². The van der Waals surface area contributed by atoms with Crippen LogP contribution in [0.2, 0.25) is 0 Å². The first-order valence-electron chi connectivity index (χ1n) is 5.22. The molecule has 1 amide bonds. The maximum absolute atomic E-state index is 11.7. The molecule has 0 aromatic carbocycles. The smallest absolute Gasteiger partial charge is 0.244 e. The molecule has 1 N–H and O–H groups in total. The van der Waals surface area contributed by atoms with Gasteiger partial charge >= 0.3 is 0 Å². The fourth-order valence-corrected chi connectivity index (χ4v) is 1.98. The lowest BCUT2D eigenvalue weighted by Crippen LogP contribution is -2.31. The molecule has 1 aliphatic heterocycles. The number of likely N-dealkylation sites (tertiary alicyclic amines) is 1. The van der Waals surface area contributed by atoms with Crippen LogP contribution < -0.4 is 5.32 Å². The molecule has 0 aliphatic carbocycles. The average Bonchev–Trinajstić information content (AvgIpc) is 2.55. The Morgan fingerprint density at radius 2 is 2.31 bits per heavy atom. The first-order chi connectivity index (χ1) is 7.58. The minimum atomic E-state index is -0.127. The molecule has 0 radical (unpaired) electrons. The molecule has 2 heterocycles. The van der Waals surface area contributed by atoms with E-state index in [-0.39, 0.29) is 11.9 Å². The Balaban J connectivity index is 2.10. The van der Waals surface area contributed by atoms with Crippen LogP contribution in [-0.4, -0.2) is 35.4 Å². The predicted molar refractivity (Wildman–Crippen MR) is 66.3 cm³/mol. The zero-order valence-electron chi connectivity index (χ0n) is 9.33. The molecule has 1 aromatic rings. The second kappa shape index (κ2) is 4.41. The number of aryl methyl sites for hydroxylation is 1. The van der Waals surface area contributed by atoms with Crippen molar-refractivity contribution in [2.75, 3.05) is 18.9 Å². The van der Waals surface area contributed by atoms with E-state index in [0.29, 0.717) is 0 Å². The molecule has 1 atom stereocenters. The normalized spacial score (nSPS) is 20.3. The molecule has 1 aliphatic rings. The van der Waals surface area contributed by atoms with Gasteiger partial charge < -0.3 is 10.2 Å². The quantitative estimate of drug-likeness (QED) is 0.900. The Kier molecular flexibility index (Phi) is 3.14. The van der Waals surface area contributed by atoms with E-state index >= 15 is 0 Å². The van der Waals surface area contributed by atoms with E-state index in [4.69, 9.17) is 0 Å². The molecule has 5 heteroatoms. The summed E-state index contributed by atoms with van der Waals surface area (Å²) >= 11 is 3.40. The third-order valence-corrected chi connectivity index (χ3v) is 3.61. The minimum absolute atomic E-state index is 0.127. The Hall–Kier alpha value is -1.10. The van der Waals surface area contributed by atoms with Crippen molar-refractivity contribution in [1.29, 1.82) is 0 Å². The van der Waals surface area contributed by atoms with Crippen molar-refractivity contribution in [2.24, 2.45) is 0 Å². The Bertz CT molecular complexity index is 422. The molecule has 0 bridgehead atoms. The number of rotatable bonds is 2. The standard InChI is InChI=1S/C11H14BrN3O/c1-7-8(12)3-4-10(13-7)14-9-5-6-15(2)11(9)16/h3-4,9H,5-6H2,1-2H3,(H,13,14). The van der Waals surface area contributed by atoms with E-state index in [1.54, 1.807) is 4.90 Å². The third kappa shape index (κ3) is 2.19. The molecular weight excluding hydrogens is 270 g/mol. The van der Waals surface area contributed by atoms with Crippen molar-refractivity contribution in [3.63, 3.8) is 0 Å². The monoisotopic (exact) mass is 283 g/mol. The molecule has 1 saturated heterocycles. The molecule has 4 nitrogen and oxygen atoms in total. The summed E-state index contributed by atoms with van der Waals surface area (Å²) in [6.45, 7) is 2.74. The molecule has 86 valence electrons. The SMILES string of the molecule is Cc1nc(NC2CCN(C)C2=O)ccc1Br. The number of amides is 1. The van der Waals surface area contributed by atoms with Crippen LogP contribution in [0.3, 0.4) is 0 Å². The molecule has 1 aromatic heterocycles. The van der Waals surface area contributed by atoms with Gasteiger partial charge in [0, 0.05) is 18.1 Å². The number of carbonyl (C=O) groups is 1. The fourth-order valence-electron chi connectivity index (χ4n) is 1.76. The van der Waals surface area contributed by atoms with Crippen LogP contribution in [0.1, 0.15) is 12.1 Å². The van der Waals surface area contributed by atoms with E-state index in [1.165, 1.54) is 0 Å². The van der Waals surface area contributed by atoms with Gasteiger partial charge in [0.1, 0.15) is 11.9 Å². The fraction of sp³-hybridized carbons (Fsp3) is 0.455. The van der Waals surface area contributed by atoms with Crippen molar-refractivity contribution in [2.45, 2.75) is 19.4 Å². The number of hydrogen-bond acceptors (Lipinski definition) is 3. The Morgan fingerprint density at radius 1 is 1.56 bits per heavy atom. The zero-order chi connectivity index (χ0) is 11.7. The largest absolute Gasteiger partial charge is 0.358 e. The van der Waals surface area contributed by atoms with Crippen molar-refractivity contribution in [3.05, 3.63) is 22.3 Å². The molecule has 0 spiro atoms. The van der Waals surface area contributed by atoms with Gasteiger partial charge in [-0.15, -0.1) is 0 Å². The number of aromatic nitrogens is 1. The number of likely N-dealkylation sites (N-methyl/N-ethyl adjacent to an activating group) is 1. The van der Waals surface area contributed by atoms with Crippen molar-refractivity contribution >= 4 is 27.7 Å². The highest BCUT2D eigenvalue weighted by Crippen LogP contribution is 2.19. The van der Waals surface area contributed by atoms with Gasteiger partial charge in [-0.2, -0.15) is 0 Å². The van der Waals surface area contributed by atoms with Gasteiger partial charge in [0.25, 0.3) is 0 Å². The van der Waals surface area contributed by atoms with Crippen LogP contribution in [-0.2, 0) is 4.79 Å². The minimum Gasteiger partial charge on any atom is -0.358 e. The van der Waals surface area contributed by atoms with Gasteiger partial charge in [0.2, 0.25) is 5.91 Å². The number of carbonyl (C=O) groups excluding carboxylic acids is 1. The maximum Gasteiger partial charge on any atom is 0.244 e. The molecular formula is C11H14BrN3O. The van der Waals surface area contributed by atoms with Gasteiger partial charge in [-0.1, -0.05) is 0 Å². The first kappa shape index (κ1) is 11.4. The van der Waals surface area contributed by atoms with Gasteiger partial charge in [-0.25, -0.2) is 4.98 Å². The first-order valence-corrected chi connectivity index (χ1v) is 6.02. The highest BCUT2D eigenvalue weighted by atomic mass is 79.9. The summed E-state index contributed by atoms with van der Waals surface area (Å²) in [5, 5.41) is 3.17. The second-order valence-electron chi connectivity index (χ2n) is 4.01. The van der Waals surface area contributed by atoms with Crippen molar-refractivity contribution < 1.29 is 4.79 Å². The van der Waals surface area contributed by atoms with Crippen LogP contribution in [0.5, 0.6) is 0 Å². The number of hydrogen-bond donors (Lipinski definition) is 1. The molecule has 2 rings (SSSR count).